The summed E-state index contributed by atoms with van der Waals surface area (Å²) in [6, 6.07) is 16.9. The Morgan fingerprint density at radius 2 is 1.82 bits per heavy atom. The first kappa shape index (κ1) is 20.0. The molecule has 0 saturated carbocycles. The van der Waals surface area contributed by atoms with Gasteiger partial charge in [-0.1, -0.05) is 12.1 Å². The van der Waals surface area contributed by atoms with Gasteiger partial charge in [-0.15, -0.1) is 0 Å². The van der Waals surface area contributed by atoms with Crippen LogP contribution in [0.3, 0.4) is 0 Å². The van der Waals surface area contributed by atoms with E-state index >= 15 is 0 Å². The van der Waals surface area contributed by atoms with Crippen LogP contribution in [0.2, 0.25) is 0 Å². The highest BCUT2D eigenvalue weighted by atomic mass is 16.5. The van der Waals surface area contributed by atoms with Gasteiger partial charge >= 0.3 is 0 Å². The van der Waals surface area contributed by atoms with Crippen LogP contribution in [0.15, 0.2) is 67.1 Å². The van der Waals surface area contributed by atoms with E-state index < -0.39 is 0 Å². The van der Waals surface area contributed by atoms with Crippen LogP contribution in [0, 0.1) is 0 Å². The van der Waals surface area contributed by atoms with Gasteiger partial charge in [0.2, 0.25) is 0 Å². The lowest BCUT2D eigenvalue weighted by atomic mass is 10.1. The number of imidazole rings is 1. The number of hydrogen-bond donors (Lipinski definition) is 2. The molecule has 2 aliphatic heterocycles. The molecular weight excluding hydrogens is 414 g/mol. The van der Waals surface area contributed by atoms with Crippen molar-refractivity contribution in [1.82, 2.24) is 19.3 Å². The quantitative estimate of drug-likeness (QED) is 0.460. The lowest BCUT2D eigenvalue weighted by Crippen LogP contribution is -2.56. The molecule has 0 radical (unpaired) electrons. The molecule has 0 atom stereocenters. The largest absolute Gasteiger partial charge is 0.399 e. The van der Waals surface area contributed by atoms with Crippen LogP contribution in [0.1, 0.15) is 0 Å². The zero-order valence-corrected chi connectivity index (χ0v) is 18.4. The van der Waals surface area contributed by atoms with Crippen LogP contribution in [0.5, 0.6) is 0 Å². The second kappa shape index (κ2) is 8.38. The highest BCUT2D eigenvalue weighted by Crippen LogP contribution is 2.27. The topological polar surface area (TPSA) is 84.0 Å². The Hall–Kier alpha value is -3.62. The third kappa shape index (κ3) is 3.99. The molecule has 168 valence electrons. The summed E-state index contributed by atoms with van der Waals surface area (Å²) in [7, 11) is 0. The van der Waals surface area contributed by atoms with Crippen LogP contribution >= 0.6 is 0 Å². The van der Waals surface area contributed by atoms with Gasteiger partial charge in [-0.3, -0.25) is 4.90 Å². The maximum atomic E-state index is 5.98. The number of benzene rings is 2. The molecule has 0 spiro atoms. The molecule has 0 bridgehead atoms. The van der Waals surface area contributed by atoms with Gasteiger partial charge in [0.1, 0.15) is 0 Å². The number of nitrogens with zero attached hydrogens (tertiary/aromatic N) is 5. The fraction of sp³-hybridized carbons (Fsp3) is 0.280. The van der Waals surface area contributed by atoms with E-state index in [1.54, 1.807) is 6.20 Å². The highest BCUT2D eigenvalue weighted by molar-refractivity contribution is 5.75. The molecule has 0 unspecified atom stereocenters. The Morgan fingerprint density at radius 3 is 2.55 bits per heavy atom. The van der Waals surface area contributed by atoms with Crippen molar-refractivity contribution in [3.05, 3.63) is 67.1 Å². The molecule has 3 N–H and O–H groups in total. The van der Waals surface area contributed by atoms with Crippen molar-refractivity contribution in [3.63, 3.8) is 0 Å². The summed E-state index contributed by atoms with van der Waals surface area (Å²) >= 11 is 0. The Balaban J connectivity index is 1.20. The van der Waals surface area contributed by atoms with Crippen molar-refractivity contribution >= 4 is 28.5 Å². The normalized spacial score (nSPS) is 17.3. The number of aromatic nitrogens is 3. The lowest BCUT2D eigenvalue weighted by molar-refractivity contribution is -0.0660. The summed E-state index contributed by atoms with van der Waals surface area (Å²) in [4.78, 5) is 14.3. The molecule has 2 aromatic heterocycles. The van der Waals surface area contributed by atoms with Crippen LogP contribution in [0.25, 0.3) is 16.9 Å². The zero-order valence-electron chi connectivity index (χ0n) is 18.4. The van der Waals surface area contributed by atoms with Crippen LogP contribution in [-0.2, 0) is 4.74 Å². The Labute approximate surface area is 192 Å². The third-order valence-corrected chi connectivity index (χ3v) is 6.50. The Morgan fingerprint density at radius 1 is 1.00 bits per heavy atom. The fourth-order valence-electron chi connectivity index (χ4n) is 4.52. The van der Waals surface area contributed by atoms with Gasteiger partial charge in [-0.05, 0) is 36.4 Å². The second-order valence-electron chi connectivity index (χ2n) is 8.64. The number of nitrogens with two attached hydrogens (primary N) is 1. The number of piperazine rings is 1. The van der Waals surface area contributed by atoms with E-state index in [9.17, 15) is 0 Å². The molecule has 2 fully saturated rings. The van der Waals surface area contributed by atoms with Crippen molar-refractivity contribution < 1.29 is 4.74 Å². The molecule has 0 amide bonds. The molecule has 8 nitrogen and oxygen atoms in total. The molecule has 4 aromatic rings. The molecule has 0 aliphatic carbocycles. The maximum absolute atomic E-state index is 5.98. The van der Waals surface area contributed by atoms with Gasteiger partial charge in [-0.2, -0.15) is 0 Å². The first-order chi connectivity index (χ1) is 16.2. The zero-order chi connectivity index (χ0) is 22.2. The van der Waals surface area contributed by atoms with Crippen molar-refractivity contribution in [3.8, 4) is 11.3 Å². The van der Waals surface area contributed by atoms with Crippen molar-refractivity contribution in [2.24, 2.45) is 0 Å². The van der Waals surface area contributed by atoms with E-state index in [0.717, 1.165) is 62.0 Å². The van der Waals surface area contributed by atoms with Gasteiger partial charge in [0.05, 0.1) is 24.9 Å². The highest BCUT2D eigenvalue weighted by Gasteiger charge is 2.28. The fourth-order valence-corrected chi connectivity index (χ4v) is 4.52. The van der Waals surface area contributed by atoms with Gasteiger partial charge in [0, 0.05) is 67.4 Å². The molecule has 8 heteroatoms. The van der Waals surface area contributed by atoms with Gasteiger partial charge in [0.15, 0.2) is 11.5 Å². The third-order valence-electron chi connectivity index (χ3n) is 6.50. The van der Waals surface area contributed by atoms with Gasteiger partial charge in [-0.25, -0.2) is 9.97 Å². The number of rotatable bonds is 5. The minimum Gasteiger partial charge on any atom is -0.399 e. The van der Waals surface area contributed by atoms with E-state index in [2.05, 4.69) is 44.4 Å². The Bertz CT molecular complexity index is 1260. The smallest absolute Gasteiger partial charge is 0.180 e. The van der Waals surface area contributed by atoms with Crippen molar-refractivity contribution in [2.75, 3.05) is 55.3 Å². The monoisotopic (exact) mass is 441 g/mol. The van der Waals surface area contributed by atoms with Crippen molar-refractivity contribution in [1.29, 1.82) is 0 Å². The average molecular weight is 442 g/mol. The summed E-state index contributed by atoms with van der Waals surface area (Å²) in [5.41, 5.74) is 11.5. The van der Waals surface area contributed by atoms with E-state index in [1.165, 1.54) is 5.69 Å². The van der Waals surface area contributed by atoms with Crippen LogP contribution in [-0.4, -0.2) is 64.7 Å². The molecular formula is C25H27N7O. The molecule has 2 aromatic carbocycles. The summed E-state index contributed by atoms with van der Waals surface area (Å²) in [5.74, 6) is 0.712. The summed E-state index contributed by atoms with van der Waals surface area (Å²) < 4.78 is 7.32. The minimum absolute atomic E-state index is 0.619. The predicted molar refractivity (Wildman–Crippen MR) is 131 cm³/mol. The van der Waals surface area contributed by atoms with E-state index in [-0.39, 0.29) is 0 Å². The van der Waals surface area contributed by atoms with Crippen LogP contribution < -0.4 is 16.0 Å². The number of anilines is 4. The first-order valence-corrected chi connectivity index (χ1v) is 11.4. The maximum Gasteiger partial charge on any atom is 0.180 e. The number of nitrogens with one attached hydrogen (secondary N) is 1. The molecule has 4 heterocycles. The first-order valence-electron chi connectivity index (χ1n) is 11.4. The standard InChI is InChI=1S/C25H27N7O/c26-19-3-1-2-18(14-19)23-15-32-9-8-27-25(32)24(29-23)28-20-4-6-21(7-5-20)30-10-12-31(13-11-30)22-16-33-17-22/h1-9,14-15,22H,10-13,16-17,26H2,(H,28,29). The van der Waals surface area contributed by atoms with E-state index in [1.807, 2.05) is 41.1 Å². The van der Waals surface area contributed by atoms with E-state index in [4.69, 9.17) is 15.5 Å². The molecule has 33 heavy (non-hydrogen) atoms. The molecule has 6 rings (SSSR count). The summed E-state index contributed by atoms with van der Waals surface area (Å²) in [6.07, 6.45) is 5.68. The van der Waals surface area contributed by atoms with Gasteiger partial charge in [0.25, 0.3) is 0 Å². The number of hydrogen-bond acceptors (Lipinski definition) is 7. The number of nitrogen functional groups attached to an aromatic ring is 1. The van der Waals surface area contributed by atoms with Crippen LogP contribution in [0.4, 0.5) is 22.9 Å². The molecule has 2 saturated heterocycles. The minimum atomic E-state index is 0.619. The van der Waals surface area contributed by atoms with Gasteiger partial charge < -0.3 is 25.1 Å². The second-order valence-corrected chi connectivity index (χ2v) is 8.64. The number of ether oxygens (including phenoxy) is 1. The predicted octanol–water partition coefficient (Wildman–Crippen LogP) is 3.24. The Kier molecular flexibility index (Phi) is 5.09. The van der Waals surface area contributed by atoms with E-state index in [0.29, 0.717) is 17.5 Å². The summed E-state index contributed by atoms with van der Waals surface area (Å²) in [5, 5.41) is 3.46. The molecule has 2 aliphatic rings. The average Bonchev–Trinajstić information content (AvgIpc) is 3.28. The van der Waals surface area contributed by atoms with Crippen molar-refractivity contribution in [2.45, 2.75) is 6.04 Å². The number of fused-ring (bicyclic) bond motifs is 1. The lowest BCUT2D eigenvalue weighted by Gasteiger charge is -2.43. The summed E-state index contributed by atoms with van der Waals surface area (Å²) in [6.45, 7) is 6.04. The SMILES string of the molecule is Nc1cccc(-c2cn3ccnc3c(Nc3ccc(N4CCN(C5COC5)CC4)cc3)n2)c1.